The van der Waals surface area contributed by atoms with Gasteiger partial charge in [-0.15, -0.1) is 0 Å². The van der Waals surface area contributed by atoms with Crippen molar-refractivity contribution in [2.75, 3.05) is 0 Å². The molecule has 1 aromatic carbocycles. The Morgan fingerprint density at radius 1 is 1.17 bits per heavy atom. The summed E-state index contributed by atoms with van der Waals surface area (Å²) in [6.07, 6.45) is 10.0. The number of imidazole rings is 1. The molecule has 1 unspecified atom stereocenters. The van der Waals surface area contributed by atoms with Gasteiger partial charge in [0.2, 0.25) is 5.91 Å². The SMILES string of the molecule is CC1(c2ccc3nc(C4CCCCCC4)[nH]c3c2)C=NNC(=O)C1. The number of carbonyl (C=O) groups is 1. The highest BCUT2D eigenvalue weighted by Crippen LogP contribution is 2.33. The summed E-state index contributed by atoms with van der Waals surface area (Å²) in [6.45, 7) is 2.05. The fourth-order valence-electron chi connectivity index (χ4n) is 3.97. The molecule has 0 spiro atoms. The van der Waals surface area contributed by atoms with Crippen molar-refractivity contribution in [2.45, 2.75) is 63.2 Å². The van der Waals surface area contributed by atoms with Crippen LogP contribution in [0.4, 0.5) is 0 Å². The average Bonchev–Trinajstić information content (AvgIpc) is 2.80. The van der Waals surface area contributed by atoms with Crippen LogP contribution in [0.2, 0.25) is 0 Å². The fraction of sp³-hybridized carbons (Fsp3) is 0.526. The highest BCUT2D eigenvalue weighted by Gasteiger charge is 2.31. The van der Waals surface area contributed by atoms with Crippen LogP contribution in [-0.2, 0) is 10.2 Å². The molecule has 1 fully saturated rings. The number of carbonyl (C=O) groups excluding carboxylic acids is 1. The van der Waals surface area contributed by atoms with Crippen molar-refractivity contribution in [2.24, 2.45) is 5.10 Å². The van der Waals surface area contributed by atoms with E-state index in [0.717, 1.165) is 22.4 Å². The third-order valence-electron chi connectivity index (χ3n) is 5.47. The lowest BCUT2D eigenvalue weighted by molar-refractivity contribution is -0.122. The van der Waals surface area contributed by atoms with Crippen LogP contribution in [0.15, 0.2) is 23.3 Å². The van der Waals surface area contributed by atoms with Gasteiger partial charge in [-0.25, -0.2) is 10.4 Å². The first-order chi connectivity index (χ1) is 11.6. The van der Waals surface area contributed by atoms with Crippen molar-refractivity contribution in [1.29, 1.82) is 0 Å². The molecule has 0 radical (unpaired) electrons. The van der Waals surface area contributed by atoms with Gasteiger partial charge in [-0.3, -0.25) is 4.79 Å². The molecule has 24 heavy (non-hydrogen) atoms. The second-order valence-electron chi connectivity index (χ2n) is 7.43. The van der Waals surface area contributed by atoms with Crippen LogP contribution < -0.4 is 5.43 Å². The lowest BCUT2D eigenvalue weighted by Crippen LogP contribution is -2.37. The molecule has 1 saturated carbocycles. The number of H-pyrrole nitrogens is 1. The van der Waals surface area contributed by atoms with Gasteiger partial charge in [0.1, 0.15) is 5.82 Å². The summed E-state index contributed by atoms with van der Waals surface area (Å²) in [4.78, 5) is 20.1. The van der Waals surface area contributed by atoms with E-state index in [2.05, 4.69) is 40.6 Å². The van der Waals surface area contributed by atoms with E-state index in [0.29, 0.717) is 12.3 Å². The highest BCUT2D eigenvalue weighted by molar-refractivity contribution is 5.90. The molecule has 2 aliphatic rings. The predicted molar refractivity (Wildman–Crippen MR) is 95.1 cm³/mol. The Morgan fingerprint density at radius 2 is 1.96 bits per heavy atom. The minimum Gasteiger partial charge on any atom is -0.342 e. The Labute approximate surface area is 141 Å². The molecule has 1 amide bonds. The summed E-state index contributed by atoms with van der Waals surface area (Å²) in [5.74, 6) is 1.65. The molecule has 0 bridgehead atoms. The van der Waals surface area contributed by atoms with E-state index in [1.54, 1.807) is 0 Å². The Balaban J connectivity index is 1.67. The molecular formula is C19H24N4O. The van der Waals surface area contributed by atoms with Gasteiger partial charge < -0.3 is 4.98 Å². The molecule has 1 aliphatic heterocycles. The second kappa shape index (κ2) is 6.04. The first kappa shape index (κ1) is 15.4. The van der Waals surface area contributed by atoms with Gasteiger partial charge in [-0.2, -0.15) is 5.10 Å². The van der Waals surface area contributed by atoms with E-state index in [9.17, 15) is 4.79 Å². The van der Waals surface area contributed by atoms with E-state index < -0.39 is 0 Å². The predicted octanol–water partition coefficient (Wildman–Crippen LogP) is 3.76. The van der Waals surface area contributed by atoms with Crippen molar-refractivity contribution in [1.82, 2.24) is 15.4 Å². The number of aromatic amines is 1. The average molecular weight is 324 g/mol. The van der Waals surface area contributed by atoms with Gasteiger partial charge >= 0.3 is 0 Å². The van der Waals surface area contributed by atoms with E-state index in [-0.39, 0.29) is 11.3 Å². The summed E-state index contributed by atoms with van der Waals surface area (Å²) in [5, 5.41) is 4.01. The fourth-order valence-corrected chi connectivity index (χ4v) is 3.97. The van der Waals surface area contributed by atoms with Crippen molar-refractivity contribution in [3.05, 3.63) is 29.6 Å². The molecular weight excluding hydrogens is 300 g/mol. The van der Waals surface area contributed by atoms with E-state index >= 15 is 0 Å². The number of amides is 1. The van der Waals surface area contributed by atoms with Gasteiger partial charge in [0, 0.05) is 24.0 Å². The lowest BCUT2D eigenvalue weighted by Gasteiger charge is -2.27. The largest absolute Gasteiger partial charge is 0.342 e. The van der Waals surface area contributed by atoms with Gasteiger partial charge in [0.15, 0.2) is 0 Å². The molecule has 2 heterocycles. The molecule has 1 atom stereocenters. The van der Waals surface area contributed by atoms with E-state index in [4.69, 9.17) is 4.98 Å². The number of aromatic nitrogens is 2. The number of hydrazone groups is 1. The van der Waals surface area contributed by atoms with E-state index in [1.807, 2.05) is 6.21 Å². The molecule has 2 N–H and O–H groups in total. The summed E-state index contributed by atoms with van der Waals surface area (Å²) in [7, 11) is 0. The summed E-state index contributed by atoms with van der Waals surface area (Å²) >= 11 is 0. The molecule has 5 nitrogen and oxygen atoms in total. The van der Waals surface area contributed by atoms with E-state index in [1.165, 1.54) is 38.5 Å². The van der Waals surface area contributed by atoms with Gasteiger partial charge in [-0.05, 0) is 37.5 Å². The zero-order valence-corrected chi connectivity index (χ0v) is 14.1. The molecule has 5 heteroatoms. The molecule has 0 saturated heterocycles. The maximum atomic E-state index is 11.7. The topological polar surface area (TPSA) is 70.1 Å². The van der Waals surface area contributed by atoms with Crippen LogP contribution in [0.1, 0.15) is 69.2 Å². The maximum absolute atomic E-state index is 11.7. The Bertz CT molecular complexity index is 786. The third kappa shape index (κ3) is 2.83. The van der Waals surface area contributed by atoms with Gasteiger partial charge in [0.05, 0.1) is 11.0 Å². The third-order valence-corrected chi connectivity index (χ3v) is 5.47. The Hall–Kier alpha value is -2.17. The Morgan fingerprint density at radius 3 is 2.71 bits per heavy atom. The summed E-state index contributed by atoms with van der Waals surface area (Å²) in [5.41, 5.74) is 5.33. The van der Waals surface area contributed by atoms with Crippen LogP contribution in [-0.4, -0.2) is 22.1 Å². The number of benzene rings is 1. The quantitative estimate of drug-likeness (QED) is 0.826. The van der Waals surface area contributed by atoms with Crippen molar-refractivity contribution >= 4 is 23.2 Å². The first-order valence-corrected chi connectivity index (χ1v) is 8.97. The minimum atomic E-state index is -0.357. The van der Waals surface area contributed by atoms with Crippen LogP contribution in [0.25, 0.3) is 11.0 Å². The van der Waals surface area contributed by atoms with Crippen molar-refractivity contribution < 1.29 is 4.79 Å². The number of nitrogens with zero attached hydrogens (tertiary/aromatic N) is 2. The van der Waals surface area contributed by atoms with Crippen LogP contribution in [0.5, 0.6) is 0 Å². The van der Waals surface area contributed by atoms with Gasteiger partial charge in [-0.1, -0.05) is 31.7 Å². The Kier molecular flexibility index (Phi) is 3.87. The maximum Gasteiger partial charge on any atom is 0.241 e. The second-order valence-corrected chi connectivity index (χ2v) is 7.43. The normalized spacial score (nSPS) is 25.6. The van der Waals surface area contributed by atoms with Crippen molar-refractivity contribution in [3.8, 4) is 0 Å². The summed E-state index contributed by atoms with van der Waals surface area (Å²) < 4.78 is 0. The van der Waals surface area contributed by atoms with Crippen molar-refractivity contribution in [3.63, 3.8) is 0 Å². The number of fused-ring (bicyclic) bond motifs is 1. The first-order valence-electron chi connectivity index (χ1n) is 8.97. The molecule has 126 valence electrons. The standard InChI is InChI=1S/C19H24N4O/c1-19(11-17(24)23-20-12-19)14-8-9-15-16(10-14)22-18(21-15)13-6-4-2-3-5-7-13/h8-10,12-13H,2-7,11H2,1H3,(H,21,22)(H,23,24). The minimum absolute atomic E-state index is 0.0381. The smallest absolute Gasteiger partial charge is 0.241 e. The number of hydrogen-bond donors (Lipinski definition) is 2. The number of hydrogen-bond acceptors (Lipinski definition) is 3. The molecule has 2 aromatic rings. The monoisotopic (exact) mass is 324 g/mol. The zero-order chi connectivity index (χ0) is 16.6. The summed E-state index contributed by atoms with van der Waals surface area (Å²) in [6, 6.07) is 6.27. The number of nitrogens with one attached hydrogen (secondary N) is 2. The lowest BCUT2D eigenvalue weighted by atomic mass is 9.79. The highest BCUT2D eigenvalue weighted by atomic mass is 16.2. The zero-order valence-electron chi connectivity index (χ0n) is 14.1. The van der Waals surface area contributed by atoms with Crippen LogP contribution in [0.3, 0.4) is 0 Å². The molecule has 4 rings (SSSR count). The number of rotatable bonds is 2. The van der Waals surface area contributed by atoms with Gasteiger partial charge in [0.25, 0.3) is 0 Å². The van der Waals surface area contributed by atoms with Crippen LogP contribution >= 0.6 is 0 Å². The molecule has 1 aromatic heterocycles. The molecule has 1 aliphatic carbocycles. The van der Waals surface area contributed by atoms with Crippen LogP contribution in [0, 0.1) is 0 Å².